The normalized spacial score (nSPS) is 11.1. The molecule has 6 heteroatoms. The summed E-state index contributed by atoms with van der Waals surface area (Å²) in [5.74, 6) is 0.199. The number of halogens is 1. The maximum absolute atomic E-state index is 12.7. The third kappa shape index (κ3) is 2.45. The first kappa shape index (κ1) is 15.4. The highest BCUT2D eigenvalue weighted by molar-refractivity contribution is 6.35. The van der Waals surface area contributed by atoms with Gasteiger partial charge in [-0.2, -0.15) is 0 Å². The van der Waals surface area contributed by atoms with Crippen molar-refractivity contribution in [3.8, 4) is 11.1 Å². The van der Waals surface area contributed by atoms with Gasteiger partial charge in [-0.25, -0.2) is 4.98 Å². The Balaban J connectivity index is 2.02. The topological polar surface area (TPSA) is 86.2 Å². The number of hydrogen-bond donors (Lipinski definition) is 1. The Morgan fingerprint density at radius 3 is 2.56 bits per heavy atom. The number of aromatic nitrogens is 1. The fourth-order valence-electron chi connectivity index (χ4n) is 2.77. The number of nitrogens with zero attached hydrogens (tertiary/aromatic N) is 1. The number of pyridine rings is 1. The van der Waals surface area contributed by atoms with E-state index >= 15 is 0 Å². The van der Waals surface area contributed by atoms with Gasteiger partial charge in [-0.3, -0.25) is 9.59 Å². The van der Waals surface area contributed by atoms with Crippen LogP contribution in [0, 0.1) is 0 Å². The van der Waals surface area contributed by atoms with Gasteiger partial charge in [-0.15, -0.1) is 0 Å². The second kappa shape index (κ2) is 5.72. The molecule has 0 atom stereocenters. The van der Waals surface area contributed by atoms with Crippen molar-refractivity contribution in [3.05, 3.63) is 69.3 Å². The maximum Gasteiger partial charge on any atom is 0.220 e. The van der Waals surface area contributed by atoms with Crippen LogP contribution in [0.3, 0.4) is 0 Å². The van der Waals surface area contributed by atoms with E-state index in [0.717, 1.165) is 11.8 Å². The molecular formula is C19H11ClN2O3. The second-order valence-corrected chi connectivity index (χ2v) is 5.96. The predicted octanol–water partition coefficient (Wildman–Crippen LogP) is 4.06. The van der Waals surface area contributed by atoms with Crippen molar-refractivity contribution >= 4 is 45.8 Å². The molecule has 0 unspecified atom stereocenters. The van der Waals surface area contributed by atoms with Crippen LogP contribution in [0.5, 0.6) is 0 Å². The Hall–Kier alpha value is -3.18. The Bertz CT molecular complexity index is 1200. The van der Waals surface area contributed by atoms with Crippen LogP contribution in [0.25, 0.3) is 33.2 Å². The van der Waals surface area contributed by atoms with E-state index in [9.17, 15) is 9.59 Å². The summed E-state index contributed by atoms with van der Waals surface area (Å²) in [6.45, 7) is 0. The summed E-state index contributed by atoms with van der Waals surface area (Å²) < 4.78 is 5.81. The van der Waals surface area contributed by atoms with Gasteiger partial charge in [0.1, 0.15) is 17.7 Å². The van der Waals surface area contributed by atoms with Crippen LogP contribution in [-0.2, 0) is 0 Å². The summed E-state index contributed by atoms with van der Waals surface area (Å²) in [4.78, 5) is 27.7. The van der Waals surface area contributed by atoms with E-state index in [4.69, 9.17) is 21.8 Å². The standard InChI is InChI=1S/C19H11ClN2O3/c20-13-2-1-3-14-16(13)18(24)17-15(25-14)8-12(19(21)22-17)11-6-4-10(9-23)5-7-11/h1-9H,(H2,21,22). The van der Waals surface area contributed by atoms with Gasteiger partial charge >= 0.3 is 0 Å². The van der Waals surface area contributed by atoms with Crippen LogP contribution in [0.15, 0.2) is 57.7 Å². The molecule has 0 radical (unpaired) electrons. The summed E-state index contributed by atoms with van der Waals surface area (Å²) in [7, 11) is 0. The molecule has 0 aliphatic carbocycles. The zero-order valence-corrected chi connectivity index (χ0v) is 13.6. The van der Waals surface area contributed by atoms with Crippen molar-refractivity contribution in [1.82, 2.24) is 4.98 Å². The molecule has 0 aliphatic heterocycles. The van der Waals surface area contributed by atoms with E-state index in [-0.39, 0.29) is 22.1 Å². The van der Waals surface area contributed by atoms with Crippen molar-refractivity contribution in [3.63, 3.8) is 0 Å². The van der Waals surface area contributed by atoms with Crippen molar-refractivity contribution in [2.45, 2.75) is 0 Å². The first-order valence-electron chi connectivity index (χ1n) is 7.45. The van der Waals surface area contributed by atoms with Crippen molar-refractivity contribution in [2.24, 2.45) is 0 Å². The Labute approximate surface area is 146 Å². The van der Waals surface area contributed by atoms with Crippen molar-refractivity contribution < 1.29 is 9.21 Å². The van der Waals surface area contributed by atoms with Crippen LogP contribution < -0.4 is 11.2 Å². The molecule has 0 aliphatic rings. The highest BCUT2D eigenvalue weighted by atomic mass is 35.5. The minimum absolute atomic E-state index is 0.131. The molecule has 5 nitrogen and oxygen atoms in total. The highest BCUT2D eigenvalue weighted by Gasteiger charge is 2.15. The summed E-state index contributed by atoms with van der Waals surface area (Å²) >= 11 is 6.11. The molecule has 0 bridgehead atoms. The number of fused-ring (bicyclic) bond motifs is 2. The van der Waals surface area contributed by atoms with Gasteiger partial charge in [0.25, 0.3) is 0 Å². The second-order valence-electron chi connectivity index (χ2n) is 5.55. The molecule has 0 saturated heterocycles. The summed E-state index contributed by atoms with van der Waals surface area (Å²) in [6.07, 6.45) is 0.765. The number of rotatable bonds is 2. The number of anilines is 1. The lowest BCUT2D eigenvalue weighted by atomic mass is 10.0. The highest BCUT2D eigenvalue weighted by Crippen LogP contribution is 2.30. The van der Waals surface area contributed by atoms with Gasteiger partial charge in [0.05, 0.1) is 10.4 Å². The molecule has 2 aromatic carbocycles. The third-order valence-corrected chi connectivity index (χ3v) is 4.33. The number of nitrogens with two attached hydrogens (primary N) is 1. The van der Waals surface area contributed by atoms with E-state index in [1.54, 1.807) is 48.5 Å². The molecular weight excluding hydrogens is 340 g/mol. The average Bonchev–Trinajstić information content (AvgIpc) is 2.62. The minimum Gasteiger partial charge on any atom is -0.454 e. The smallest absolute Gasteiger partial charge is 0.220 e. The molecule has 4 aromatic rings. The average molecular weight is 351 g/mol. The molecule has 25 heavy (non-hydrogen) atoms. The molecule has 4 rings (SSSR count). The number of carbonyl (C=O) groups excluding carboxylic acids is 1. The lowest BCUT2D eigenvalue weighted by molar-refractivity contribution is 0.112. The van der Waals surface area contributed by atoms with Crippen LogP contribution in [0.1, 0.15) is 10.4 Å². The summed E-state index contributed by atoms with van der Waals surface area (Å²) in [5, 5.41) is 0.591. The zero-order valence-electron chi connectivity index (χ0n) is 12.8. The molecule has 0 saturated carbocycles. The molecule has 0 amide bonds. The molecule has 2 heterocycles. The number of hydrogen-bond acceptors (Lipinski definition) is 5. The first-order valence-corrected chi connectivity index (χ1v) is 7.83. The van der Waals surface area contributed by atoms with Gasteiger partial charge in [0.2, 0.25) is 5.43 Å². The number of aldehydes is 1. The van der Waals surface area contributed by atoms with Gasteiger partial charge in [0, 0.05) is 11.1 Å². The number of benzene rings is 2. The van der Waals surface area contributed by atoms with Crippen LogP contribution >= 0.6 is 11.6 Å². The van der Waals surface area contributed by atoms with Gasteiger partial charge < -0.3 is 10.2 Å². The molecule has 2 aromatic heterocycles. The largest absolute Gasteiger partial charge is 0.454 e. The lowest BCUT2D eigenvalue weighted by Gasteiger charge is -2.08. The zero-order chi connectivity index (χ0) is 17.6. The number of nitrogen functional groups attached to an aromatic ring is 1. The molecule has 122 valence electrons. The van der Waals surface area contributed by atoms with Crippen molar-refractivity contribution in [2.75, 3.05) is 5.73 Å². The Kier molecular flexibility index (Phi) is 3.51. The van der Waals surface area contributed by atoms with Gasteiger partial charge in [0.15, 0.2) is 11.1 Å². The minimum atomic E-state index is -0.323. The quantitative estimate of drug-likeness (QED) is 0.435. The summed E-state index contributed by atoms with van der Waals surface area (Å²) in [5.41, 5.74) is 8.51. The molecule has 2 N–H and O–H groups in total. The monoisotopic (exact) mass is 350 g/mol. The predicted molar refractivity (Wildman–Crippen MR) is 98.0 cm³/mol. The lowest BCUT2D eigenvalue weighted by Crippen LogP contribution is -2.07. The van der Waals surface area contributed by atoms with E-state index < -0.39 is 0 Å². The third-order valence-electron chi connectivity index (χ3n) is 4.01. The Morgan fingerprint density at radius 2 is 1.84 bits per heavy atom. The van der Waals surface area contributed by atoms with E-state index in [2.05, 4.69) is 4.98 Å². The van der Waals surface area contributed by atoms with Crippen LogP contribution in [0.4, 0.5) is 5.82 Å². The molecule has 0 fully saturated rings. The van der Waals surface area contributed by atoms with Crippen LogP contribution in [-0.4, -0.2) is 11.3 Å². The van der Waals surface area contributed by atoms with E-state index in [0.29, 0.717) is 27.3 Å². The SMILES string of the molecule is Nc1nc2c(=O)c3c(Cl)cccc3oc2cc1-c1ccc(C=O)cc1. The maximum atomic E-state index is 12.7. The Morgan fingerprint density at radius 1 is 1.08 bits per heavy atom. The summed E-state index contributed by atoms with van der Waals surface area (Å²) in [6, 6.07) is 13.6. The molecule has 0 spiro atoms. The van der Waals surface area contributed by atoms with E-state index in [1.165, 1.54) is 0 Å². The fraction of sp³-hybridized carbons (Fsp3) is 0. The fourth-order valence-corrected chi connectivity index (χ4v) is 3.02. The number of carbonyl (C=O) groups is 1. The van der Waals surface area contributed by atoms with Crippen LogP contribution in [0.2, 0.25) is 5.02 Å². The van der Waals surface area contributed by atoms with Gasteiger partial charge in [-0.1, -0.05) is 41.9 Å². The van der Waals surface area contributed by atoms with Gasteiger partial charge in [-0.05, 0) is 23.8 Å². The van der Waals surface area contributed by atoms with Crippen molar-refractivity contribution in [1.29, 1.82) is 0 Å². The van der Waals surface area contributed by atoms with E-state index in [1.807, 2.05) is 0 Å². The first-order chi connectivity index (χ1) is 12.1.